The van der Waals surface area contributed by atoms with Crippen LogP contribution in [0.4, 0.5) is 0 Å². The number of carboxylic acid groups (broad SMARTS) is 2. The standard InChI is InChI=1S/C10H8O3S.2C4H8O2.Na/c11-14(12,13)10-7-3-5-8-4-1-2-6-9(8)10;2*1-3(2)4(5)6;/h1-7H,(H,11,12,13);2*3H,1-2H3,(H,5,6);/q;;;+1/p-1. The van der Waals surface area contributed by atoms with Crippen molar-refractivity contribution in [3.63, 3.8) is 0 Å². The largest absolute Gasteiger partial charge is 1.00 e. The summed E-state index contributed by atoms with van der Waals surface area (Å²) in [5.74, 6) is -1.94. The summed E-state index contributed by atoms with van der Waals surface area (Å²) in [5.41, 5.74) is 0. The van der Waals surface area contributed by atoms with E-state index in [4.69, 9.17) is 10.2 Å². The first-order chi connectivity index (χ1) is 11.9. The van der Waals surface area contributed by atoms with E-state index in [-0.39, 0.29) is 46.3 Å². The first-order valence-corrected chi connectivity index (χ1v) is 9.18. The van der Waals surface area contributed by atoms with Gasteiger partial charge in [0.25, 0.3) is 0 Å². The molecule has 0 fully saturated rings. The maximum absolute atomic E-state index is 10.9. The van der Waals surface area contributed by atoms with Gasteiger partial charge in [-0.1, -0.05) is 64.1 Å². The molecule has 2 aromatic rings. The fourth-order valence-electron chi connectivity index (χ4n) is 1.41. The minimum atomic E-state index is -4.38. The maximum atomic E-state index is 10.9. The van der Waals surface area contributed by atoms with Gasteiger partial charge in [-0.15, -0.1) is 0 Å². The summed E-state index contributed by atoms with van der Waals surface area (Å²) in [6.45, 7) is 6.56. The third kappa shape index (κ3) is 11.1. The molecule has 144 valence electrons. The van der Waals surface area contributed by atoms with Gasteiger partial charge in [-0.2, -0.15) is 0 Å². The van der Waals surface area contributed by atoms with Crippen molar-refractivity contribution in [1.82, 2.24) is 0 Å². The minimum Gasteiger partial charge on any atom is -0.744 e. The molecule has 0 unspecified atom stereocenters. The molecule has 9 heteroatoms. The smallest absolute Gasteiger partial charge is 0.744 e. The second-order valence-electron chi connectivity index (χ2n) is 5.92. The average Bonchev–Trinajstić information content (AvgIpc) is 2.54. The molecular formula is C18H23NaO7S. The van der Waals surface area contributed by atoms with E-state index in [2.05, 4.69) is 0 Å². The van der Waals surface area contributed by atoms with E-state index >= 15 is 0 Å². The molecule has 0 saturated carbocycles. The van der Waals surface area contributed by atoms with E-state index in [9.17, 15) is 22.6 Å². The van der Waals surface area contributed by atoms with Crippen LogP contribution in [0.3, 0.4) is 0 Å². The van der Waals surface area contributed by atoms with E-state index in [0.717, 1.165) is 5.39 Å². The Labute approximate surface area is 181 Å². The number of rotatable bonds is 3. The molecule has 0 atom stereocenters. The Morgan fingerprint density at radius 1 is 0.852 bits per heavy atom. The van der Waals surface area contributed by atoms with Gasteiger partial charge in [0.15, 0.2) is 0 Å². The molecule has 0 spiro atoms. The molecule has 2 rings (SSSR count). The molecule has 2 aromatic carbocycles. The molecule has 0 amide bonds. The van der Waals surface area contributed by atoms with Crippen molar-refractivity contribution in [1.29, 1.82) is 0 Å². The summed E-state index contributed by atoms with van der Waals surface area (Å²) in [4.78, 5) is 19.2. The normalized spacial score (nSPS) is 10.2. The minimum absolute atomic E-state index is 0. The predicted molar refractivity (Wildman–Crippen MR) is 96.9 cm³/mol. The van der Waals surface area contributed by atoms with Gasteiger partial charge < -0.3 is 14.8 Å². The van der Waals surface area contributed by atoms with Gasteiger partial charge >= 0.3 is 41.5 Å². The molecule has 0 aromatic heterocycles. The number of aliphatic carboxylic acids is 2. The number of carbonyl (C=O) groups is 2. The Hall–Kier alpha value is -1.45. The van der Waals surface area contributed by atoms with Gasteiger partial charge in [0.2, 0.25) is 0 Å². The average molecular weight is 406 g/mol. The van der Waals surface area contributed by atoms with Crippen LogP contribution in [0.5, 0.6) is 0 Å². The first-order valence-electron chi connectivity index (χ1n) is 7.77. The molecule has 2 N–H and O–H groups in total. The number of benzene rings is 2. The molecule has 0 heterocycles. The van der Waals surface area contributed by atoms with Gasteiger partial charge in [0.05, 0.1) is 16.7 Å². The summed E-state index contributed by atoms with van der Waals surface area (Å²) in [7, 11) is -4.38. The number of hydrogen-bond donors (Lipinski definition) is 2. The van der Waals surface area contributed by atoms with Crippen LogP contribution >= 0.6 is 0 Å². The maximum Gasteiger partial charge on any atom is 1.00 e. The van der Waals surface area contributed by atoms with Crippen LogP contribution in [0.2, 0.25) is 0 Å². The number of hydrogen-bond acceptors (Lipinski definition) is 5. The molecule has 0 aliphatic carbocycles. The summed E-state index contributed by atoms with van der Waals surface area (Å²) in [6, 6.07) is 11.5. The van der Waals surface area contributed by atoms with Crippen molar-refractivity contribution in [3.8, 4) is 0 Å². The van der Waals surface area contributed by atoms with Gasteiger partial charge in [-0.3, -0.25) is 9.59 Å². The topological polar surface area (TPSA) is 132 Å². The first kappa shape index (κ1) is 27.8. The van der Waals surface area contributed by atoms with Gasteiger partial charge in [0.1, 0.15) is 10.1 Å². The van der Waals surface area contributed by atoms with Crippen LogP contribution in [0.25, 0.3) is 10.8 Å². The van der Waals surface area contributed by atoms with E-state index in [1.807, 2.05) is 0 Å². The molecule has 0 radical (unpaired) electrons. The van der Waals surface area contributed by atoms with Crippen molar-refractivity contribution >= 4 is 32.8 Å². The van der Waals surface area contributed by atoms with Crippen molar-refractivity contribution < 1.29 is 62.3 Å². The van der Waals surface area contributed by atoms with Crippen molar-refractivity contribution in [2.45, 2.75) is 32.6 Å². The van der Waals surface area contributed by atoms with Crippen LogP contribution in [0, 0.1) is 11.8 Å². The molecule has 27 heavy (non-hydrogen) atoms. The van der Waals surface area contributed by atoms with Crippen molar-refractivity contribution in [3.05, 3.63) is 42.5 Å². The zero-order chi connectivity index (χ0) is 20.5. The van der Waals surface area contributed by atoms with E-state index in [0.29, 0.717) is 5.39 Å². The zero-order valence-corrected chi connectivity index (χ0v) is 18.9. The van der Waals surface area contributed by atoms with Gasteiger partial charge in [0, 0.05) is 0 Å². The van der Waals surface area contributed by atoms with Crippen LogP contribution in [-0.2, 0) is 19.7 Å². The van der Waals surface area contributed by atoms with Crippen LogP contribution in [0.15, 0.2) is 47.4 Å². The molecule has 0 aliphatic heterocycles. The zero-order valence-electron chi connectivity index (χ0n) is 16.0. The SMILES string of the molecule is CC(C)C(=O)O.CC(C)C(=O)O.O=S(=O)([O-])c1cccc2ccccc12.[Na+]. The van der Waals surface area contributed by atoms with Crippen molar-refractivity contribution in [2.24, 2.45) is 11.8 Å². The Morgan fingerprint density at radius 2 is 1.22 bits per heavy atom. The summed E-state index contributed by atoms with van der Waals surface area (Å²) in [5, 5.41) is 17.2. The molecular weight excluding hydrogens is 383 g/mol. The fourth-order valence-corrected chi connectivity index (χ4v) is 2.11. The molecule has 0 aliphatic rings. The quantitative estimate of drug-likeness (QED) is 0.550. The van der Waals surface area contributed by atoms with E-state index < -0.39 is 22.1 Å². The number of fused-ring (bicyclic) bond motifs is 1. The Kier molecular flexibility index (Phi) is 13.2. The van der Waals surface area contributed by atoms with Crippen LogP contribution in [0.1, 0.15) is 27.7 Å². The monoisotopic (exact) mass is 406 g/mol. The second-order valence-corrected chi connectivity index (χ2v) is 7.27. The fraction of sp³-hybridized carbons (Fsp3) is 0.333. The summed E-state index contributed by atoms with van der Waals surface area (Å²) >= 11 is 0. The molecule has 0 bridgehead atoms. The third-order valence-electron chi connectivity index (χ3n) is 3.01. The van der Waals surface area contributed by atoms with E-state index in [1.54, 1.807) is 64.1 Å². The number of carboxylic acids is 2. The Balaban J connectivity index is 0. The third-order valence-corrected chi connectivity index (χ3v) is 3.90. The Morgan fingerprint density at radius 3 is 1.59 bits per heavy atom. The predicted octanol–water partition coefficient (Wildman–Crippen LogP) is 0.202. The van der Waals surface area contributed by atoms with Crippen molar-refractivity contribution in [2.75, 3.05) is 0 Å². The van der Waals surface area contributed by atoms with E-state index in [1.165, 1.54) is 6.07 Å². The summed E-state index contributed by atoms with van der Waals surface area (Å²) in [6.07, 6.45) is 0. The molecule has 0 saturated heterocycles. The van der Waals surface area contributed by atoms with Crippen LogP contribution in [-0.4, -0.2) is 35.1 Å². The second kappa shape index (κ2) is 12.9. The Bertz CT molecular complexity index is 822. The summed E-state index contributed by atoms with van der Waals surface area (Å²) < 4.78 is 32.7. The van der Waals surface area contributed by atoms with Gasteiger partial charge in [-0.05, 0) is 16.8 Å². The van der Waals surface area contributed by atoms with Crippen LogP contribution < -0.4 is 29.6 Å². The molecule has 7 nitrogen and oxygen atoms in total. The van der Waals surface area contributed by atoms with Gasteiger partial charge in [-0.25, -0.2) is 8.42 Å².